The Morgan fingerprint density at radius 2 is 2.00 bits per heavy atom. The van der Waals surface area contributed by atoms with Crippen LogP contribution in [0.5, 0.6) is 5.75 Å². The van der Waals surface area contributed by atoms with Gasteiger partial charge in [0.2, 0.25) is 0 Å². The van der Waals surface area contributed by atoms with Crippen LogP contribution >= 0.6 is 23.2 Å². The molecule has 1 heterocycles. The van der Waals surface area contributed by atoms with E-state index in [2.05, 4.69) is 10.3 Å². The molecule has 0 unspecified atom stereocenters. The Kier molecular flexibility index (Phi) is 3.96. The molecule has 0 atom stereocenters. The minimum atomic E-state index is -0.292. The van der Waals surface area contributed by atoms with E-state index in [9.17, 15) is 4.79 Å². The van der Waals surface area contributed by atoms with Gasteiger partial charge >= 0.3 is 0 Å². The Morgan fingerprint density at radius 1 is 1.18 bits per heavy atom. The second-order valence-corrected chi connectivity index (χ2v) is 5.48. The normalized spacial score (nSPS) is 10.7. The second kappa shape index (κ2) is 5.91. The number of methoxy groups -OCH3 is 1. The molecule has 112 valence electrons. The molecule has 0 aliphatic heterocycles. The van der Waals surface area contributed by atoms with Gasteiger partial charge in [-0.05, 0) is 36.4 Å². The third-order valence-electron chi connectivity index (χ3n) is 3.27. The Labute approximate surface area is 137 Å². The molecule has 0 aliphatic carbocycles. The summed E-state index contributed by atoms with van der Waals surface area (Å²) in [5.41, 5.74) is 1.75. The maximum Gasteiger partial charge on any atom is 0.272 e. The van der Waals surface area contributed by atoms with E-state index in [1.165, 1.54) is 0 Å². The van der Waals surface area contributed by atoms with E-state index in [0.29, 0.717) is 21.4 Å². The van der Waals surface area contributed by atoms with Crippen LogP contribution in [0.3, 0.4) is 0 Å². The number of ether oxygens (including phenoxy) is 1. The van der Waals surface area contributed by atoms with Crippen molar-refractivity contribution in [3.8, 4) is 5.75 Å². The summed E-state index contributed by atoms with van der Waals surface area (Å²) >= 11 is 12.0. The molecule has 2 N–H and O–H groups in total. The summed E-state index contributed by atoms with van der Waals surface area (Å²) in [6.45, 7) is 0. The number of carbonyl (C=O) groups excluding carboxylic acids is 1. The standard InChI is InChI=1S/C16H12Cl2N2O2/c1-22-10-5-6-12-9(7-10)8-14(19-12)16(21)20-13-4-2-3-11(17)15(13)18/h2-8,19H,1H3,(H,20,21). The van der Waals surface area contributed by atoms with Crippen molar-refractivity contribution in [3.63, 3.8) is 0 Å². The zero-order valence-corrected chi connectivity index (χ0v) is 13.1. The number of benzene rings is 2. The number of rotatable bonds is 3. The van der Waals surface area contributed by atoms with E-state index in [1.54, 1.807) is 31.4 Å². The molecule has 0 saturated carbocycles. The summed E-state index contributed by atoms with van der Waals surface area (Å²) in [5, 5.41) is 4.33. The van der Waals surface area contributed by atoms with Gasteiger partial charge in [0.25, 0.3) is 5.91 Å². The maximum atomic E-state index is 12.3. The zero-order valence-electron chi connectivity index (χ0n) is 11.6. The number of halogens is 2. The molecular formula is C16H12Cl2N2O2. The largest absolute Gasteiger partial charge is 0.497 e. The first-order chi connectivity index (χ1) is 10.6. The fourth-order valence-corrected chi connectivity index (χ4v) is 2.50. The predicted molar refractivity (Wildman–Crippen MR) is 89.3 cm³/mol. The number of carbonyl (C=O) groups is 1. The predicted octanol–water partition coefficient (Wildman–Crippen LogP) is 4.74. The van der Waals surface area contributed by atoms with E-state index in [-0.39, 0.29) is 5.91 Å². The number of amides is 1. The summed E-state index contributed by atoms with van der Waals surface area (Å²) < 4.78 is 5.17. The van der Waals surface area contributed by atoms with Crippen LogP contribution in [0.25, 0.3) is 10.9 Å². The van der Waals surface area contributed by atoms with Crippen LogP contribution in [0.15, 0.2) is 42.5 Å². The first-order valence-corrected chi connectivity index (χ1v) is 7.26. The third-order valence-corrected chi connectivity index (χ3v) is 4.09. The van der Waals surface area contributed by atoms with Crippen LogP contribution in [0.1, 0.15) is 10.5 Å². The lowest BCUT2D eigenvalue weighted by Gasteiger charge is -2.06. The highest BCUT2D eigenvalue weighted by Crippen LogP contribution is 2.30. The molecule has 0 radical (unpaired) electrons. The first-order valence-electron chi connectivity index (χ1n) is 6.50. The number of hydrogen-bond acceptors (Lipinski definition) is 2. The maximum absolute atomic E-state index is 12.3. The fraction of sp³-hybridized carbons (Fsp3) is 0.0625. The quantitative estimate of drug-likeness (QED) is 0.727. The van der Waals surface area contributed by atoms with Gasteiger partial charge in [-0.25, -0.2) is 0 Å². The van der Waals surface area contributed by atoms with Crippen LogP contribution in [0.4, 0.5) is 5.69 Å². The molecule has 6 heteroatoms. The van der Waals surface area contributed by atoms with Crippen LogP contribution in [0.2, 0.25) is 10.0 Å². The van der Waals surface area contributed by atoms with Crippen molar-refractivity contribution < 1.29 is 9.53 Å². The molecular weight excluding hydrogens is 323 g/mol. The van der Waals surface area contributed by atoms with Crippen LogP contribution < -0.4 is 10.1 Å². The topological polar surface area (TPSA) is 54.1 Å². The average molecular weight is 335 g/mol. The minimum absolute atomic E-state index is 0.292. The molecule has 1 aromatic heterocycles. The van der Waals surface area contributed by atoms with Crippen LogP contribution in [-0.2, 0) is 0 Å². The summed E-state index contributed by atoms with van der Waals surface area (Å²) in [6.07, 6.45) is 0. The number of aromatic nitrogens is 1. The number of anilines is 1. The highest BCUT2D eigenvalue weighted by Gasteiger charge is 2.13. The van der Waals surface area contributed by atoms with Gasteiger partial charge in [-0.2, -0.15) is 0 Å². The Hall–Kier alpha value is -2.17. The molecule has 0 spiro atoms. The monoisotopic (exact) mass is 334 g/mol. The van der Waals surface area contributed by atoms with Crippen molar-refractivity contribution in [1.29, 1.82) is 0 Å². The number of H-pyrrole nitrogens is 1. The van der Waals surface area contributed by atoms with Gasteiger partial charge in [0.05, 0.1) is 22.8 Å². The summed E-state index contributed by atoms with van der Waals surface area (Å²) in [4.78, 5) is 15.4. The lowest BCUT2D eigenvalue weighted by Crippen LogP contribution is -2.12. The number of aromatic amines is 1. The van der Waals surface area contributed by atoms with Crippen molar-refractivity contribution >= 4 is 45.7 Å². The lowest BCUT2D eigenvalue weighted by atomic mass is 10.2. The van der Waals surface area contributed by atoms with Crippen molar-refractivity contribution in [2.24, 2.45) is 0 Å². The van der Waals surface area contributed by atoms with Gasteiger partial charge in [-0.3, -0.25) is 4.79 Å². The van der Waals surface area contributed by atoms with E-state index >= 15 is 0 Å². The Morgan fingerprint density at radius 3 is 2.77 bits per heavy atom. The van der Waals surface area contributed by atoms with Gasteiger partial charge in [0.1, 0.15) is 11.4 Å². The number of fused-ring (bicyclic) bond motifs is 1. The molecule has 0 saturated heterocycles. The van der Waals surface area contributed by atoms with Gasteiger partial charge in [-0.15, -0.1) is 0 Å². The van der Waals surface area contributed by atoms with E-state index in [4.69, 9.17) is 27.9 Å². The number of hydrogen-bond donors (Lipinski definition) is 2. The smallest absolute Gasteiger partial charge is 0.272 e. The first kappa shape index (κ1) is 14.8. The molecule has 0 bridgehead atoms. The van der Waals surface area contributed by atoms with Crippen molar-refractivity contribution in [3.05, 3.63) is 58.2 Å². The van der Waals surface area contributed by atoms with Gasteiger partial charge in [-0.1, -0.05) is 29.3 Å². The van der Waals surface area contributed by atoms with Crippen molar-refractivity contribution in [2.75, 3.05) is 12.4 Å². The molecule has 3 rings (SSSR count). The van der Waals surface area contributed by atoms with Crippen LogP contribution in [0, 0.1) is 0 Å². The summed E-state index contributed by atoms with van der Waals surface area (Å²) in [7, 11) is 1.60. The molecule has 22 heavy (non-hydrogen) atoms. The molecule has 4 nitrogen and oxygen atoms in total. The fourth-order valence-electron chi connectivity index (χ4n) is 2.15. The lowest BCUT2D eigenvalue weighted by molar-refractivity contribution is 0.102. The van der Waals surface area contributed by atoms with Gasteiger partial charge < -0.3 is 15.0 Å². The minimum Gasteiger partial charge on any atom is -0.497 e. The molecule has 1 amide bonds. The van der Waals surface area contributed by atoms with Crippen LogP contribution in [-0.4, -0.2) is 18.0 Å². The summed E-state index contributed by atoms with van der Waals surface area (Å²) in [5.74, 6) is 0.440. The summed E-state index contributed by atoms with van der Waals surface area (Å²) in [6, 6.07) is 12.4. The molecule has 0 aliphatic rings. The highest BCUT2D eigenvalue weighted by atomic mass is 35.5. The van der Waals surface area contributed by atoms with E-state index in [1.807, 2.05) is 18.2 Å². The molecule has 3 aromatic rings. The SMILES string of the molecule is COc1ccc2[nH]c(C(=O)Nc3cccc(Cl)c3Cl)cc2c1. The second-order valence-electron chi connectivity index (χ2n) is 4.69. The molecule has 2 aromatic carbocycles. The van der Waals surface area contributed by atoms with Gasteiger partial charge in [0.15, 0.2) is 0 Å². The van der Waals surface area contributed by atoms with Crippen molar-refractivity contribution in [2.45, 2.75) is 0 Å². The third kappa shape index (κ3) is 2.75. The van der Waals surface area contributed by atoms with E-state index < -0.39 is 0 Å². The average Bonchev–Trinajstić information content (AvgIpc) is 2.94. The zero-order chi connectivity index (χ0) is 15.7. The Bertz CT molecular complexity index is 858. The Balaban J connectivity index is 1.90. The van der Waals surface area contributed by atoms with Crippen molar-refractivity contribution in [1.82, 2.24) is 4.98 Å². The van der Waals surface area contributed by atoms with E-state index in [0.717, 1.165) is 16.7 Å². The molecule has 0 fully saturated rings. The highest BCUT2D eigenvalue weighted by molar-refractivity contribution is 6.44. The number of nitrogens with one attached hydrogen (secondary N) is 2. The van der Waals surface area contributed by atoms with Gasteiger partial charge in [0, 0.05) is 10.9 Å².